The number of fused-ring (bicyclic) bond motifs is 14. The number of rotatable bonds is 10. The molecule has 19 aromatic rings. The van der Waals surface area contributed by atoms with Gasteiger partial charge in [0.1, 0.15) is 0 Å². The minimum Gasteiger partial charge on any atom is -0.309 e. The van der Waals surface area contributed by atoms with Crippen LogP contribution in [0.15, 0.2) is 315 Å². The van der Waals surface area contributed by atoms with Crippen molar-refractivity contribution >= 4 is 98.0 Å². The fraction of sp³-hybridized carbons (Fsp3) is 0.0337. The summed E-state index contributed by atoms with van der Waals surface area (Å²) < 4.78 is 9.71. The van der Waals surface area contributed by atoms with E-state index in [1.807, 2.05) is 6.07 Å². The van der Waals surface area contributed by atoms with Crippen LogP contribution in [0.5, 0.6) is 0 Å². The highest BCUT2D eigenvalue weighted by Gasteiger charge is 2.22. The van der Waals surface area contributed by atoms with Crippen LogP contribution in [0.3, 0.4) is 0 Å². The quantitative estimate of drug-likeness (QED) is 0.137. The van der Waals surface area contributed by atoms with Crippen molar-refractivity contribution in [1.82, 2.24) is 28.2 Å². The maximum Gasteiger partial charge on any atom is 0.160 e. The molecule has 0 saturated heterocycles. The van der Waals surface area contributed by atoms with Crippen LogP contribution in [0.25, 0.3) is 166 Å². The molecule has 0 fully saturated rings. The van der Waals surface area contributed by atoms with Crippen molar-refractivity contribution in [3.8, 4) is 67.8 Å². The average molecular weight is 1210 g/mol. The molecule has 0 bridgehead atoms. The Hall–Kier alpha value is -12.4. The molecule has 0 spiro atoms. The molecule has 95 heavy (non-hydrogen) atoms. The Morgan fingerprint density at radius 1 is 0.242 bits per heavy atom. The van der Waals surface area contributed by atoms with Crippen molar-refractivity contribution in [3.05, 3.63) is 338 Å². The molecule has 6 heteroatoms. The Balaban J connectivity index is 0.694. The molecule has 0 unspecified atom stereocenters. The molecule has 0 atom stereocenters. The predicted octanol–water partition coefficient (Wildman–Crippen LogP) is 22.9. The third-order valence-electron chi connectivity index (χ3n) is 19.7. The van der Waals surface area contributed by atoms with Gasteiger partial charge in [0.2, 0.25) is 0 Å². The lowest BCUT2D eigenvalue weighted by atomic mass is 9.98. The molecule has 14 aromatic carbocycles. The van der Waals surface area contributed by atoms with Gasteiger partial charge in [0.25, 0.3) is 0 Å². The largest absolute Gasteiger partial charge is 0.309 e. The van der Waals surface area contributed by atoms with Gasteiger partial charge >= 0.3 is 0 Å². The average Bonchev–Trinajstić information content (AvgIpc) is 1.62. The number of benzene rings is 14. The first kappa shape index (κ1) is 54.4. The van der Waals surface area contributed by atoms with E-state index < -0.39 is 0 Å². The molecule has 6 nitrogen and oxygen atoms in total. The summed E-state index contributed by atoms with van der Waals surface area (Å²) in [6.45, 7) is 4.43. The van der Waals surface area contributed by atoms with Gasteiger partial charge in [-0.2, -0.15) is 0 Å². The Bertz CT molecular complexity index is 6270. The van der Waals surface area contributed by atoms with E-state index in [2.05, 4.69) is 342 Å². The second-order valence-corrected chi connectivity index (χ2v) is 25.5. The number of aryl methyl sites for hydroxylation is 2. The molecule has 0 saturated carbocycles. The van der Waals surface area contributed by atoms with Gasteiger partial charge in [0, 0.05) is 87.9 Å². The molecule has 0 N–H and O–H groups in total. The third-order valence-corrected chi connectivity index (χ3v) is 19.7. The van der Waals surface area contributed by atoms with Crippen molar-refractivity contribution in [2.75, 3.05) is 0 Å². The van der Waals surface area contributed by atoms with E-state index in [1.165, 1.54) is 104 Å². The Morgan fingerprint density at radius 2 is 0.663 bits per heavy atom. The number of aromatic nitrogens is 6. The van der Waals surface area contributed by atoms with Crippen LogP contribution in [0, 0.1) is 13.8 Å². The molecule has 0 aliphatic carbocycles. The summed E-state index contributed by atoms with van der Waals surface area (Å²) in [6, 6.07) is 115. The molecule has 5 heterocycles. The molecular weight excluding hydrogens is 1150 g/mol. The van der Waals surface area contributed by atoms with Crippen molar-refractivity contribution in [2.24, 2.45) is 0 Å². The molecule has 0 aliphatic heterocycles. The van der Waals surface area contributed by atoms with Crippen LogP contribution >= 0.6 is 0 Å². The summed E-state index contributed by atoms with van der Waals surface area (Å²) in [5, 5.41) is 12.4. The van der Waals surface area contributed by atoms with E-state index in [0.717, 1.165) is 84.9 Å². The number of hydrogen-bond acceptors (Lipinski definition) is 2. The number of hydrogen-bond donors (Lipinski definition) is 0. The minimum atomic E-state index is 0.678. The summed E-state index contributed by atoms with van der Waals surface area (Å²) in [7, 11) is 0. The zero-order valence-corrected chi connectivity index (χ0v) is 52.4. The normalized spacial score (nSPS) is 11.9. The van der Waals surface area contributed by atoms with Gasteiger partial charge in [0.15, 0.2) is 5.82 Å². The molecular formula is C89H60N6. The second-order valence-electron chi connectivity index (χ2n) is 25.5. The van der Waals surface area contributed by atoms with Crippen molar-refractivity contribution in [3.63, 3.8) is 0 Å². The summed E-state index contributed by atoms with van der Waals surface area (Å²) in [6.07, 6.45) is 0.786. The van der Waals surface area contributed by atoms with Crippen LogP contribution < -0.4 is 0 Å². The maximum absolute atomic E-state index is 5.40. The Kier molecular flexibility index (Phi) is 12.4. The van der Waals surface area contributed by atoms with Crippen LogP contribution in [0.1, 0.15) is 22.3 Å². The monoisotopic (exact) mass is 1210 g/mol. The van der Waals surface area contributed by atoms with E-state index in [1.54, 1.807) is 0 Å². The highest BCUT2D eigenvalue weighted by atomic mass is 15.0. The number of nitrogens with zero attached hydrogens (tertiary/aromatic N) is 6. The fourth-order valence-electron chi connectivity index (χ4n) is 15.4. The van der Waals surface area contributed by atoms with Gasteiger partial charge in [-0.15, -0.1) is 0 Å². The fourth-order valence-corrected chi connectivity index (χ4v) is 15.4. The predicted molar refractivity (Wildman–Crippen MR) is 397 cm³/mol. The van der Waals surface area contributed by atoms with E-state index in [0.29, 0.717) is 5.82 Å². The topological polar surface area (TPSA) is 45.5 Å². The van der Waals surface area contributed by atoms with Crippen LogP contribution in [0.2, 0.25) is 0 Å². The molecule has 446 valence electrons. The first-order valence-corrected chi connectivity index (χ1v) is 32.7. The van der Waals surface area contributed by atoms with E-state index in [9.17, 15) is 0 Å². The van der Waals surface area contributed by atoms with Gasteiger partial charge in [-0.05, 0) is 180 Å². The lowest BCUT2D eigenvalue weighted by molar-refractivity contribution is 1.12. The number of para-hydroxylation sites is 5. The maximum atomic E-state index is 5.40. The van der Waals surface area contributed by atoms with E-state index in [4.69, 9.17) is 9.97 Å². The first-order chi connectivity index (χ1) is 46.9. The second kappa shape index (κ2) is 21.6. The standard InChI is InChI=1S/C89H60N6/c1-56-46-67(93-81-32-15-11-27-70(81)71-28-12-16-33-82(71)93)54-68(47-56)94-83-34-17-13-29-72(83)76-52-62(39-44-86(76)94)61-22-19-23-63(51-61)79-55-80(91-89(90-79)60-20-5-3-6-21-60)64-40-45-87-77(53-64)75-50-59(38-43-85(75)92(87)65-24-7-4-8-25-65)49-58-36-41-66(42-37-58)95-84-35-18-14-30-73(84)78-48-57(2)69-26-9-10-31-74(69)88(78)95/h3-48,50-55H,49H2,1-2H3. The van der Waals surface area contributed by atoms with Gasteiger partial charge in [-0.3, -0.25) is 0 Å². The van der Waals surface area contributed by atoms with Gasteiger partial charge in [0.05, 0.1) is 55.5 Å². The van der Waals surface area contributed by atoms with Gasteiger partial charge in [-0.1, -0.05) is 194 Å². The van der Waals surface area contributed by atoms with E-state index in [-0.39, 0.29) is 0 Å². The van der Waals surface area contributed by atoms with Crippen molar-refractivity contribution in [1.29, 1.82) is 0 Å². The highest BCUT2D eigenvalue weighted by molar-refractivity contribution is 6.20. The van der Waals surface area contributed by atoms with Gasteiger partial charge < -0.3 is 18.3 Å². The third kappa shape index (κ3) is 8.86. The Labute approximate surface area is 548 Å². The van der Waals surface area contributed by atoms with Gasteiger partial charge in [-0.25, -0.2) is 9.97 Å². The molecule has 0 aliphatic rings. The summed E-state index contributed by atoms with van der Waals surface area (Å²) in [4.78, 5) is 10.8. The smallest absolute Gasteiger partial charge is 0.160 e. The molecule has 5 aromatic heterocycles. The van der Waals surface area contributed by atoms with Crippen molar-refractivity contribution in [2.45, 2.75) is 20.3 Å². The minimum absolute atomic E-state index is 0.678. The highest BCUT2D eigenvalue weighted by Crippen LogP contribution is 2.43. The lowest BCUT2D eigenvalue weighted by Gasteiger charge is -2.14. The van der Waals surface area contributed by atoms with Crippen LogP contribution in [0.4, 0.5) is 0 Å². The zero-order valence-electron chi connectivity index (χ0n) is 52.4. The van der Waals surface area contributed by atoms with E-state index >= 15 is 0 Å². The molecule has 19 rings (SSSR count). The Morgan fingerprint density at radius 3 is 1.31 bits per heavy atom. The summed E-state index contributed by atoms with van der Waals surface area (Å²) >= 11 is 0. The van der Waals surface area contributed by atoms with Crippen LogP contribution in [-0.4, -0.2) is 28.2 Å². The first-order valence-electron chi connectivity index (χ1n) is 32.7. The molecule has 0 amide bonds. The lowest BCUT2D eigenvalue weighted by Crippen LogP contribution is -2.00. The zero-order chi connectivity index (χ0) is 62.8. The molecule has 0 radical (unpaired) electrons. The summed E-state index contributed by atoms with van der Waals surface area (Å²) in [5.74, 6) is 0.678. The summed E-state index contributed by atoms with van der Waals surface area (Å²) in [5.41, 5.74) is 26.0. The van der Waals surface area contributed by atoms with Crippen molar-refractivity contribution < 1.29 is 0 Å². The SMILES string of the molecule is Cc1cc(-n2c3ccccc3c3ccccc32)cc(-n2c3ccccc3c3cc(-c4cccc(-c5cc(-c6ccc7c(c6)c6cc(Cc8ccc(-n9c%10ccccc%10c%10cc(C)c%11ccccc%11c%109)cc8)ccc6n7-c6ccccc6)nc(-c6ccccc6)n5)c4)ccc32)c1. The van der Waals surface area contributed by atoms with Crippen LogP contribution in [-0.2, 0) is 6.42 Å².